The molecule has 150 valence electrons. The number of carbonyl (C=O) groups is 1. The number of piperidine rings is 1. The summed E-state index contributed by atoms with van der Waals surface area (Å²) in [5.74, 6) is 0.744. The average molecular weight is 408 g/mol. The van der Waals surface area contributed by atoms with Crippen LogP contribution in [0.3, 0.4) is 0 Å². The molecule has 0 radical (unpaired) electrons. The highest BCUT2D eigenvalue weighted by molar-refractivity contribution is 7.20. The standard InChI is InChI=1S/C22H25N5OS/c1-27-9-7-16(8-10-27)26-21(28)19-12-18-20(23-13-24-22(18)29-19)25-17-6-5-14-3-2-4-15(14)11-17/h5-6,11-13,16H,2-4,7-10H2,1H3,(H,26,28)(H,23,24,25). The number of likely N-dealkylation sites (tertiary alicyclic amines) is 1. The van der Waals surface area contributed by atoms with E-state index in [0.717, 1.165) is 54.1 Å². The minimum absolute atomic E-state index is 0.00830. The highest BCUT2D eigenvalue weighted by Gasteiger charge is 2.21. The maximum absolute atomic E-state index is 12.8. The van der Waals surface area contributed by atoms with Crippen molar-refractivity contribution in [2.75, 3.05) is 25.5 Å². The first-order chi connectivity index (χ1) is 14.2. The molecule has 0 spiro atoms. The number of rotatable bonds is 4. The first kappa shape index (κ1) is 18.5. The van der Waals surface area contributed by atoms with Crippen LogP contribution in [-0.4, -0.2) is 47.0 Å². The van der Waals surface area contributed by atoms with E-state index in [1.807, 2.05) is 6.07 Å². The van der Waals surface area contributed by atoms with Crippen molar-refractivity contribution in [2.45, 2.75) is 38.1 Å². The van der Waals surface area contributed by atoms with Gasteiger partial charge in [0, 0.05) is 11.7 Å². The average Bonchev–Trinajstić information content (AvgIpc) is 3.36. The van der Waals surface area contributed by atoms with E-state index in [-0.39, 0.29) is 11.9 Å². The molecule has 1 aromatic carbocycles. The first-order valence-electron chi connectivity index (χ1n) is 10.3. The molecule has 0 saturated carbocycles. The van der Waals surface area contributed by atoms with E-state index in [1.54, 1.807) is 6.33 Å². The number of amides is 1. The summed E-state index contributed by atoms with van der Waals surface area (Å²) in [7, 11) is 2.12. The second kappa shape index (κ2) is 7.72. The number of thiophene rings is 1. The van der Waals surface area contributed by atoms with Crippen molar-refractivity contribution in [3.05, 3.63) is 46.6 Å². The van der Waals surface area contributed by atoms with Gasteiger partial charge in [0.15, 0.2) is 0 Å². The van der Waals surface area contributed by atoms with Crippen LogP contribution in [0.5, 0.6) is 0 Å². The molecule has 0 bridgehead atoms. The van der Waals surface area contributed by atoms with Gasteiger partial charge in [-0.15, -0.1) is 11.3 Å². The number of hydrogen-bond donors (Lipinski definition) is 2. The molecule has 3 heterocycles. The minimum atomic E-state index is -0.00830. The fourth-order valence-electron chi connectivity index (χ4n) is 4.26. The van der Waals surface area contributed by atoms with Gasteiger partial charge in [-0.25, -0.2) is 9.97 Å². The summed E-state index contributed by atoms with van der Waals surface area (Å²) in [6, 6.07) is 8.70. The largest absolute Gasteiger partial charge is 0.349 e. The van der Waals surface area contributed by atoms with E-state index < -0.39 is 0 Å². The van der Waals surface area contributed by atoms with Crippen molar-refractivity contribution in [3.8, 4) is 0 Å². The molecule has 2 aromatic heterocycles. The Hall–Kier alpha value is -2.51. The summed E-state index contributed by atoms with van der Waals surface area (Å²) in [4.78, 5) is 25.4. The molecule has 5 rings (SSSR count). The van der Waals surface area contributed by atoms with Crippen molar-refractivity contribution < 1.29 is 4.79 Å². The van der Waals surface area contributed by atoms with E-state index >= 15 is 0 Å². The predicted molar refractivity (Wildman–Crippen MR) is 117 cm³/mol. The summed E-state index contributed by atoms with van der Waals surface area (Å²) in [5, 5.41) is 7.52. The second-order valence-corrected chi connectivity index (χ2v) is 9.10. The zero-order valence-electron chi connectivity index (χ0n) is 16.6. The number of benzene rings is 1. The number of hydrogen-bond acceptors (Lipinski definition) is 6. The summed E-state index contributed by atoms with van der Waals surface area (Å²) in [5.41, 5.74) is 3.91. The number of fused-ring (bicyclic) bond motifs is 2. The molecule has 1 amide bonds. The van der Waals surface area contributed by atoms with Crippen molar-refractivity contribution in [3.63, 3.8) is 0 Å². The molecule has 2 N–H and O–H groups in total. The Labute approximate surface area is 174 Å². The van der Waals surface area contributed by atoms with Gasteiger partial charge in [0.05, 0.1) is 10.3 Å². The van der Waals surface area contributed by atoms with Crippen molar-refractivity contribution >= 4 is 39.0 Å². The van der Waals surface area contributed by atoms with Crippen LogP contribution in [0.15, 0.2) is 30.6 Å². The van der Waals surface area contributed by atoms with Crippen molar-refractivity contribution in [1.82, 2.24) is 20.2 Å². The van der Waals surface area contributed by atoms with Gasteiger partial charge in [-0.1, -0.05) is 6.07 Å². The number of nitrogens with zero attached hydrogens (tertiary/aromatic N) is 3. The summed E-state index contributed by atoms with van der Waals surface area (Å²) < 4.78 is 0. The number of aromatic nitrogens is 2. The Bertz CT molecular complexity index is 1050. The SMILES string of the molecule is CN1CCC(NC(=O)c2cc3c(Nc4ccc5c(c4)CCC5)ncnc3s2)CC1. The lowest BCUT2D eigenvalue weighted by Gasteiger charge is -2.29. The molecule has 1 aliphatic heterocycles. The van der Waals surface area contributed by atoms with Gasteiger partial charge < -0.3 is 15.5 Å². The first-order valence-corrected chi connectivity index (χ1v) is 11.1. The van der Waals surface area contributed by atoms with Gasteiger partial charge in [-0.3, -0.25) is 4.79 Å². The molecule has 1 saturated heterocycles. The van der Waals surface area contributed by atoms with E-state index in [1.165, 1.54) is 35.3 Å². The summed E-state index contributed by atoms with van der Waals surface area (Å²) in [6.07, 6.45) is 7.11. The van der Waals surface area contributed by atoms with Crippen molar-refractivity contribution in [2.24, 2.45) is 0 Å². The van der Waals surface area contributed by atoms with Crippen LogP contribution in [-0.2, 0) is 12.8 Å². The Balaban J connectivity index is 1.36. The summed E-state index contributed by atoms with van der Waals surface area (Å²) in [6.45, 7) is 2.05. The molecule has 0 unspecified atom stereocenters. The van der Waals surface area contributed by atoms with Gasteiger partial charge in [0.25, 0.3) is 5.91 Å². The Kier molecular flexibility index (Phi) is 4.93. The van der Waals surface area contributed by atoms with Crippen LogP contribution in [0.25, 0.3) is 10.2 Å². The lowest BCUT2D eigenvalue weighted by molar-refractivity contribution is 0.0921. The topological polar surface area (TPSA) is 70.2 Å². The molecule has 1 aliphatic carbocycles. The normalized spacial score (nSPS) is 17.4. The maximum atomic E-state index is 12.8. The fourth-order valence-corrected chi connectivity index (χ4v) is 5.16. The number of nitrogens with one attached hydrogen (secondary N) is 2. The van der Waals surface area contributed by atoms with E-state index in [4.69, 9.17) is 0 Å². The van der Waals surface area contributed by atoms with Gasteiger partial charge in [-0.2, -0.15) is 0 Å². The zero-order valence-corrected chi connectivity index (χ0v) is 17.4. The number of anilines is 2. The van der Waals surface area contributed by atoms with Crippen LogP contribution < -0.4 is 10.6 Å². The monoisotopic (exact) mass is 407 g/mol. The third-order valence-electron chi connectivity index (χ3n) is 5.97. The van der Waals surface area contributed by atoms with Crippen LogP contribution in [0.2, 0.25) is 0 Å². The minimum Gasteiger partial charge on any atom is -0.349 e. The molecule has 6 nitrogen and oxygen atoms in total. The Morgan fingerprint density at radius 1 is 1.14 bits per heavy atom. The molecule has 7 heteroatoms. The molecule has 29 heavy (non-hydrogen) atoms. The highest BCUT2D eigenvalue weighted by Crippen LogP contribution is 2.31. The zero-order chi connectivity index (χ0) is 19.8. The molecule has 2 aliphatic rings. The van der Waals surface area contributed by atoms with Crippen LogP contribution >= 0.6 is 11.3 Å². The quantitative estimate of drug-likeness (QED) is 0.689. The van der Waals surface area contributed by atoms with Crippen LogP contribution in [0, 0.1) is 0 Å². The molecular formula is C22H25N5OS. The molecule has 3 aromatic rings. The smallest absolute Gasteiger partial charge is 0.261 e. The molecular weight excluding hydrogens is 382 g/mol. The number of aryl methyl sites for hydroxylation is 2. The fraction of sp³-hybridized carbons (Fsp3) is 0.409. The Morgan fingerprint density at radius 3 is 2.83 bits per heavy atom. The van der Waals surface area contributed by atoms with Crippen LogP contribution in [0.1, 0.15) is 40.1 Å². The molecule has 1 fully saturated rings. The lowest BCUT2D eigenvalue weighted by atomic mass is 10.1. The molecule has 0 atom stereocenters. The van der Waals surface area contributed by atoms with Gasteiger partial charge in [0.2, 0.25) is 0 Å². The second-order valence-electron chi connectivity index (χ2n) is 8.06. The Morgan fingerprint density at radius 2 is 1.97 bits per heavy atom. The van der Waals surface area contributed by atoms with E-state index in [0.29, 0.717) is 4.88 Å². The summed E-state index contributed by atoms with van der Waals surface area (Å²) >= 11 is 1.43. The van der Waals surface area contributed by atoms with Gasteiger partial charge in [-0.05, 0) is 81.6 Å². The van der Waals surface area contributed by atoms with Gasteiger partial charge in [0.1, 0.15) is 17.0 Å². The van der Waals surface area contributed by atoms with E-state index in [9.17, 15) is 4.79 Å². The maximum Gasteiger partial charge on any atom is 0.261 e. The highest BCUT2D eigenvalue weighted by atomic mass is 32.1. The lowest BCUT2D eigenvalue weighted by Crippen LogP contribution is -2.43. The van der Waals surface area contributed by atoms with Gasteiger partial charge >= 0.3 is 0 Å². The predicted octanol–water partition coefficient (Wildman–Crippen LogP) is 3.75. The number of carbonyl (C=O) groups excluding carboxylic acids is 1. The van der Waals surface area contributed by atoms with Crippen molar-refractivity contribution in [1.29, 1.82) is 0 Å². The third kappa shape index (κ3) is 3.84. The third-order valence-corrected chi connectivity index (χ3v) is 7.01. The van der Waals surface area contributed by atoms with Crippen LogP contribution in [0.4, 0.5) is 11.5 Å². The van der Waals surface area contributed by atoms with E-state index in [2.05, 4.69) is 50.7 Å².